The van der Waals surface area contributed by atoms with Crippen LogP contribution in [0.3, 0.4) is 0 Å². The maximum atomic E-state index is 12.3. The van der Waals surface area contributed by atoms with Crippen LogP contribution < -0.4 is 0 Å². The lowest BCUT2D eigenvalue weighted by atomic mass is 10.00. The summed E-state index contributed by atoms with van der Waals surface area (Å²) < 4.78 is 5.40. The van der Waals surface area contributed by atoms with E-state index in [0.29, 0.717) is 13.2 Å². The summed E-state index contributed by atoms with van der Waals surface area (Å²) in [6.07, 6.45) is 2.50. The summed E-state index contributed by atoms with van der Waals surface area (Å²) >= 11 is 0. The summed E-state index contributed by atoms with van der Waals surface area (Å²) in [5, 5.41) is 8.83. The fourth-order valence-corrected chi connectivity index (χ4v) is 2.81. The van der Waals surface area contributed by atoms with Crippen molar-refractivity contribution in [3.63, 3.8) is 0 Å². The molecule has 2 fully saturated rings. The standard InChI is InChI=1S/C12H19NO4/c1-8-10(4-6-17-8)12(16)13-5-2-3-9(13)7-11(14)15/h8-10H,2-7H2,1H3,(H,14,15). The lowest BCUT2D eigenvalue weighted by molar-refractivity contribution is -0.141. The number of carboxylic acids is 1. The molecular weight excluding hydrogens is 222 g/mol. The Kier molecular flexibility index (Phi) is 3.66. The molecule has 0 aliphatic carbocycles. The number of likely N-dealkylation sites (tertiary alicyclic amines) is 1. The molecule has 0 aromatic carbocycles. The Hall–Kier alpha value is -1.10. The molecule has 0 aromatic heterocycles. The van der Waals surface area contributed by atoms with Gasteiger partial charge in [-0.15, -0.1) is 0 Å². The van der Waals surface area contributed by atoms with Crippen LogP contribution in [-0.2, 0) is 14.3 Å². The van der Waals surface area contributed by atoms with E-state index in [2.05, 4.69) is 0 Å². The molecular formula is C12H19NO4. The molecule has 2 aliphatic rings. The van der Waals surface area contributed by atoms with Crippen LogP contribution in [0.1, 0.15) is 32.6 Å². The number of hydrogen-bond donors (Lipinski definition) is 1. The van der Waals surface area contributed by atoms with Crippen LogP contribution in [0, 0.1) is 5.92 Å². The molecule has 3 unspecified atom stereocenters. The summed E-state index contributed by atoms with van der Waals surface area (Å²) in [6, 6.07) is -0.118. The van der Waals surface area contributed by atoms with Gasteiger partial charge in [-0.25, -0.2) is 0 Å². The van der Waals surface area contributed by atoms with Gasteiger partial charge in [0.1, 0.15) is 0 Å². The fourth-order valence-electron chi connectivity index (χ4n) is 2.81. The highest BCUT2D eigenvalue weighted by Gasteiger charge is 2.38. The number of nitrogens with zero attached hydrogens (tertiary/aromatic N) is 1. The second-order valence-electron chi connectivity index (χ2n) is 4.90. The Morgan fingerprint density at radius 1 is 1.41 bits per heavy atom. The van der Waals surface area contributed by atoms with Crippen LogP contribution in [-0.4, -0.2) is 47.2 Å². The van der Waals surface area contributed by atoms with Gasteiger partial charge in [0.15, 0.2) is 0 Å². The molecule has 0 saturated carbocycles. The van der Waals surface area contributed by atoms with Crippen LogP contribution >= 0.6 is 0 Å². The first-order valence-electron chi connectivity index (χ1n) is 6.23. The maximum absolute atomic E-state index is 12.3. The monoisotopic (exact) mass is 241 g/mol. The minimum absolute atomic E-state index is 0.0337. The van der Waals surface area contributed by atoms with Gasteiger partial charge in [-0.3, -0.25) is 9.59 Å². The van der Waals surface area contributed by atoms with Crippen molar-refractivity contribution >= 4 is 11.9 Å². The molecule has 3 atom stereocenters. The molecule has 0 aromatic rings. The topological polar surface area (TPSA) is 66.8 Å². The van der Waals surface area contributed by atoms with Crippen LogP contribution in [0.25, 0.3) is 0 Å². The molecule has 0 spiro atoms. The summed E-state index contributed by atoms with van der Waals surface area (Å²) in [5.74, 6) is -0.825. The molecule has 1 N–H and O–H groups in total. The van der Waals surface area contributed by atoms with Gasteiger partial charge in [0.2, 0.25) is 5.91 Å². The third kappa shape index (κ3) is 2.60. The third-order valence-corrected chi connectivity index (χ3v) is 3.76. The molecule has 96 valence electrons. The molecule has 5 nitrogen and oxygen atoms in total. The number of carboxylic acid groups (broad SMARTS) is 1. The van der Waals surface area contributed by atoms with E-state index in [9.17, 15) is 9.59 Å². The van der Waals surface area contributed by atoms with Crippen molar-refractivity contribution in [2.75, 3.05) is 13.2 Å². The number of carbonyl (C=O) groups excluding carboxylic acids is 1. The quantitative estimate of drug-likeness (QED) is 0.796. The maximum Gasteiger partial charge on any atom is 0.305 e. The predicted molar refractivity (Wildman–Crippen MR) is 60.5 cm³/mol. The molecule has 2 heterocycles. The lowest BCUT2D eigenvalue weighted by Crippen LogP contribution is -2.42. The number of rotatable bonds is 3. The van der Waals surface area contributed by atoms with Crippen molar-refractivity contribution in [3.05, 3.63) is 0 Å². The zero-order valence-corrected chi connectivity index (χ0v) is 10.1. The highest BCUT2D eigenvalue weighted by molar-refractivity contribution is 5.81. The molecule has 0 bridgehead atoms. The zero-order chi connectivity index (χ0) is 12.4. The van der Waals surface area contributed by atoms with E-state index in [4.69, 9.17) is 9.84 Å². The van der Waals surface area contributed by atoms with Gasteiger partial charge >= 0.3 is 5.97 Å². The third-order valence-electron chi connectivity index (χ3n) is 3.76. The Morgan fingerprint density at radius 3 is 2.76 bits per heavy atom. The summed E-state index contributed by atoms with van der Waals surface area (Å²) in [7, 11) is 0. The van der Waals surface area contributed by atoms with Crippen LogP contribution in [0.5, 0.6) is 0 Å². The average Bonchev–Trinajstić information content (AvgIpc) is 2.85. The van der Waals surface area contributed by atoms with E-state index in [0.717, 1.165) is 19.3 Å². The Bertz CT molecular complexity index is 318. The van der Waals surface area contributed by atoms with E-state index in [1.807, 2.05) is 6.92 Å². The second-order valence-corrected chi connectivity index (χ2v) is 4.90. The van der Waals surface area contributed by atoms with E-state index in [-0.39, 0.29) is 30.4 Å². The van der Waals surface area contributed by atoms with Crippen molar-refractivity contribution in [2.45, 2.75) is 44.8 Å². The number of ether oxygens (including phenoxy) is 1. The minimum atomic E-state index is -0.828. The van der Waals surface area contributed by atoms with Crippen molar-refractivity contribution in [1.29, 1.82) is 0 Å². The van der Waals surface area contributed by atoms with Gasteiger partial charge < -0.3 is 14.7 Å². The van der Waals surface area contributed by atoms with Crippen molar-refractivity contribution in [1.82, 2.24) is 4.90 Å². The molecule has 5 heteroatoms. The predicted octanol–water partition coefficient (Wildman–Crippen LogP) is 0.877. The smallest absolute Gasteiger partial charge is 0.305 e. The highest BCUT2D eigenvalue weighted by Crippen LogP contribution is 2.28. The molecule has 1 amide bonds. The van der Waals surface area contributed by atoms with E-state index in [1.54, 1.807) is 4.90 Å². The Morgan fingerprint density at radius 2 is 2.18 bits per heavy atom. The van der Waals surface area contributed by atoms with Gasteiger partial charge in [-0.1, -0.05) is 0 Å². The molecule has 17 heavy (non-hydrogen) atoms. The highest BCUT2D eigenvalue weighted by atomic mass is 16.5. The SMILES string of the molecule is CC1OCCC1C(=O)N1CCCC1CC(=O)O. The van der Waals surface area contributed by atoms with Gasteiger partial charge in [0.25, 0.3) is 0 Å². The molecule has 2 rings (SSSR count). The summed E-state index contributed by atoms with van der Waals surface area (Å²) in [4.78, 5) is 24.8. The first-order chi connectivity index (χ1) is 8.09. The number of hydrogen-bond acceptors (Lipinski definition) is 3. The number of aliphatic carboxylic acids is 1. The molecule has 2 saturated heterocycles. The van der Waals surface area contributed by atoms with Gasteiger partial charge in [0, 0.05) is 19.2 Å². The second kappa shape index (κ2) is 5.04. The van der Waals surface area contributed by atoms with E-state index >= 15 is 0 Å². The van der Waals surface area contributed by atoms with Crippen LogP contribution in [0.15, 0.2) is 0 Å². The lowest BCUT2D eigenvalue weighted by Gasteiger charge is -2.27. The van der Waals surface area contributed by atoms with Crippen LogP contribution in [0.4, 0.5) is 0 Å². The normalized spacial score (nSPS) is 33.0. The first kappa shape index (κ1) is 12.4. The average molecular weight is 241 g/mol. The van der Waals surface area contributed by atoms with Crippen LogP contribution in [0.2, 0.25) is 0 Å². The fraction of sp³-hybridized carbons (Fsp3) is 0.833. The van der Waals surface area contributed by atoms with Gasteiger partial charge in [-0.2, -0.15) is 0 Å². The molecule has 2 aliphatic heterocycles. The Labute approximate surface area is 101 Å². The zero-order valence-electron chi connectivity index (χ0n) is 10.1. The Balaban J connectivity index is 2.00. The summed E-state index contributed by atoms with van der Waals surface area (Å²) in [6.45, 7) is 3.24. The molecule has 0 radical (unpaired) electrons. The van der Waals surface area contributed by atoms with E-state index < -0.39 is 5.97 Å². The van der Waals surface area contributed by atoms with Gasteiger partial charge in [-0.05, 0) is 26.2 Å². The first-order valence-corrected chi connectivity index (χ1v) is 6.23. The largest absolute Gasteiger partial charge is 0.481 e. The van der Waals surface area contributed by atoms with Gasteiger partial charge in [0.05, 0.1) is 18.4 Å². The van der Waals surface area contributed by atoms with E-state index in [1.165, 1.54) is 0 Å². The number of amides is 1. The number of carbonyl (C=O) groups is 2. The summed E-state index contributed by atoms with van der Waals surface area (Å²) in [5.41, 5.74) is 0. The van der Waals surface area contributed by atoms with Crippen molar-refractivity contribution in [3.8, 4) is 0 Å². The minimum Gasteiger partial charge on any atom is -0.481 e. The van der Waals surface area contributed by atoms with Crippen molar-refractivity contribution < 1.29 is 19.4 Å². The van der Waals surface area contributed by atoms with Crippen molar-refractivity contribution in [2.24, 2.45) is 5.92 Å².